The molecule has 0 atom stereocenters. The third-order valence-electron chi connectivity index (χ3n) is 2.69. The average Bonchev–Trinajstić information content (AvgIpc) is 2.75. The van der Waals surface area contributed by atoms with Crippen molar-refractivity contribution in [1.29, 1.82) is 5.26 Å². The summed E-state index contributed by atoms with van der Waals surface area (Å²) in [6, 6.07) is 8.45. The van der Waals surface area contributed by atoms with E-state index in [-0.39, 0.29) is 6.54 Å². The van der Waals surface area contributed by atoms with Gasteiger partial charge in [0.15, 0.2) is 11.4 Å². The summed E-state index contributed by atoms with van der Waals surface area (Å²) in [7, 11) is 0. The van der Waals surface area contributed by atoms with Crippen LogP contribution in [0.5, 0.6) is 0 Å². The van der Waals surface area contributed by atoms with Gasteiger partial charge in [0.1, 0.15) is 6.07 Å². The summed E-state index contributed by atoms with van der Waals surface area (Å²) >= 11 is 0. The first-order valence-electron chi connectivity index (χ1n) is 5.38. The van der Waals surface area contributed by atoms with Gasteiger partial charge in [0.2, 0.25) is 0 Å². The predicted octanol–water partition coefficient (Wildman–Crippen LogP) is 2.53. The van der Waals surface area contributed by atoms with Gasteiger partial charge in [0.25, 0.3) is 0 Å². The topological polar surface area (TPSA) is 54.5 Å². The van der Waals surface area contributed by atoms with Crippen LogP contribution in [0.3, 0.4) is 0 Å². The minimum Gasteiger partial charge on any atom is -0.234 e. The molecule has 0 aliphatic heterocycles. The second kappa shape index (κ2) is 4.72. The number of hydrogen-bond donors (Lipinski definition) is 0. The normalized spacial score (nSPS) is 11.3. The fraction of sp³-hybridized carbons (Fsp3) is 0.250. The molecule has 98 valence electrons. The molecule has 0 aliphatic carbocycles. The van der Waals surface area contributed by atoms with Crippen molar-refractivity contribution in [2.75, 3.05) is 0 Å². The monoisotopic (exact) mass is 266 g/mol. The van der Waals surface area contributed by atoms with Gasteiger partial charge < -0.3 is 0 Å². The molecule has 2 aromatic rings. The standard InChI is InChI=1S/C12H9F3N4/c1-8-4-2-3-5-9(8)7-19-11(12(13,14)15)10(6-16)17-18-19/h2-5H,7H2,1H3. The van der Waals surface area contributed by atoms with Gasteiger partial charge in [-0.3, -0.25) is 0 Å². The molecule has 1 heterocycles. The second-order valence-electron chi connectivity index (χ2n) is 3.98. The largest absolute Gasteiger partial charge is 0.436 e. The summed E-state index contributed by atoms with van der Waals surface area (Å²) in [6.45, 7) is 1.72. The lowest BCUT2D eigenvalue weighted by Crippen LogP contribution is -2.17. The van der Waals surface area contributed by atoms with E-state index in [4.69, 9.17) is 5.26 Å². The van der Waals surface area contributed by atoms with Gasteiger partial charge in [-0.1, -0.05) is 29.5 Å². The number of halogens is 3. The number of aromatic nitrogens is 3. The van der Waals surface area contributed by atoms with Crippen LogP contribution in [0.25, 0.3) is 0 Å². The molecule has 0 aliphatic rings. The Labute approximate surface area is 107 Å². The molecular formula is C12H9F3N4. The molecule has 0 unspecified atom stereocenters. The molecule has 1 aromatic carbocycles. The molecular weight excluding hydrogens is 257 g/mol. The molecule has 0 radical (unpaired) electrons. The molecule has 0 fully saturated rings. The first-order chi connectivity index (χ1) is 8.93. The summed E-state index contributed by atoms with van der Waals surface area (Å²) in [5, 5.41) is 15.3. The number of hydrogen-bond acceptors (Lipinski definition) is 3. The molecule has 0 bridgehead atoms. The highest BCUT2D eigenvalue weighted by atomic mass is 19.4. The van der Waals surface area contributed by atoms with Crippen LogP contribution in [0.2, 0.25) is 0 Å². The molecule has 0 spiro atoms. The lowest BCUT2D eigenvalue weighted by molar-refractivity contribution is -0.144. The zero-order valence-electron chi connectivity index (χ0n) is 9.94. The smallest absolute Gasteiger partial charge is 0.234 e. The van der Waals surface area contributed by atoms with E-state index in [1.165, 1.54) is 6.07 Å². The number of benzene rings is 1. The Kier molecular flexibility index (Phi) is 3.25. The van der Waals surface area contributed by atoms with Crippen molar-refractivity contribution >= 4 is 0 Å². The Morgan fingerprint density at radius 3 is 2.58 bits per heavy atom. The van der Waals surface area contributed by atoms with Crippen molar-refractivity contribution in [1.82, 2.24) is 15.0 Å². The second-order valence-corrected chi connectivity index (χ2v) is 3.98. The highest BCUT2D eigenvalue weighted by Gasteiger charge is 2.39. The van der Waals surface area contributed by atoms with E-state index in [9.17, 15) is 13.2 Å². The van der Waals surface area contributed by atoms with Crippen molar-refractivity contribution in [3.63, 3.8) is 0 Å². The molecule has 1 aromatic heterocycles. The lowest BCUT2D eigenvalue weighted by Gasteiger charge is -2.10. The minimum absolute atomic E-state index is 0.0732. The maximum absolute atomic E-state index is 12.9. The summed E-state index contributed by atoms with van der Waals surface area (Å²) in [5.74, 6) is 0. The number of alkyl halides is 3. The van der Waals surface area contributed by atoms with Crippen LogP contribution >= 0.6 is 0 Å². The minimum atomic E-state index is -4.66. The average molecular weight is 266 g/mol. The molecule has 0 saturated carbocycles. The van der Waals surface area contributed by atoms with Crippen molar-refractivity contribution in [2.24, 2.45) is 0 Å². The molecule has 0 amide bonds. The van der Waals surface area contributed by atoms with Crippen molar-refractivity contribution in [3.05, 3.63) is 46.8 Å². The molecule has 7 heteroatoms. The summed E-state index contributed by atoms with van der Waals surface area (Å²) in [4.78, 5) is 0. The maximum atomic E-state index is 12.9. The van der Waals surface area contributed by atoms with Crippen molar-refractivity contribution in [2.45, 2.75) is 19.6 Å². The molecule has 0 N–H and O–H groups in total. The zero-order chi connectivity index (χ0) is 14.0. The van der Waals surface area contributed by atoms with Crippen LogP contribution in [-0.2, 0) is 12.7 Å². The maximum Gasteiger partial charge on any atom is 0.436 e. The number of nitriles is 1. The summed E-state index contributed by atoms with van der Waals surface area (Å²) in [6.07, 6.45) is -4.66. The Bertz CT molecular complexity index is 637. The summed E-state index contributed by atoms with van der Waals surface area (Å²) < 4.78 is 39.4. The van der Waals surface area contributed by atoms with Crippen LogP contribution in [0.4, 0.5) is 13.2 Å². The van der Waals surface area contributed by atoms with Crippen LogP contribution < -0.4 is 0 Å². The molecule has 0 saturated heterocycles. The van der Waals surface area contributed by atoms with Gasteiger partial charge >= 0.3 is 6.18 Å². The van der Waals surface area contributed by atoms with Crippen molar-refractivity contribution in [3.8, 4) is 6.07 Å². The number of nitrogens with zero attached hydrogens (tertiary/aromatic N) is 4. The number of rotatable bonds is 2. The van der Waals surface area contributed by atoms with E-state index in [1.807, 2.05) is 0 Å². The SMILES string of the molecule is Cc1ccccc1Cn1nnc(C#N)c1C(F)(F)F. The fourth-order valence-electron chi connectivity index (χ4n) is 1.73. The van der Waals surface area contributed by atoms with Gasteiger partial charge in [-0.2, -0.15) is 18.4 Å². The van der Waals surface area contributed by atoms with Crippen molar-refractivity contribution < 1.29 is 13.2 Å². The van der Waals surface area contributed by atoms with Crippen LogP contribution in [-0.4, -0.2) is 15.0 Å². The van der Waals surface area contributed by atoms with Crippen LogP contribution in [0.15, 0.2) is 24.3 Å². The Morgan fingerprint density at radius 1 is 1.32 bits per heavy atom. The van der Waals surface area contributed by atoms with E-state index in [0.29, 0.717) is 10.2 Å². The lowest BCUT2D eigenvalue weighted by atomic mass is 10.1. The highest BCUT2D eigenvalue weighted by molar-refractivity contribution is 5.30. The Morgan fingerprint density at radius 2 is 2.00 bits per heavy atom. The quantitative estimate of drug-likeness (QED) is 0.839. The van der Waals surface area contributed by atoms with Gasteiger partial charge in [-0.25, -0.2) is 4.68 Å². The fourth-order valence-corrected chi connectivity index (χ4v) is 1.73. The van der Waals surface area contributed by atoms with Crippen LogP contribution in [0, 0.1) is 18.3 Å². The van der Waals surface area contributed by atoms with Gasteiger partial charge in [-0.15, -0.1) is 5.10 Å². The first-order valence-corrected chi connectivity index (χ1v) is 5.38. The predicted molar refractivity (Wildman–Crippen MR) is 60.0 cm³/mol. The van der Waals surface area contributed by atoms with E-state index < -0.39 is 17.6 Å². The van der Waals surface area contributed by atoms with Gasteiger partial charge in [-0.05, 0) is 18.1 Å². The molecule has 4 nitrogen and oxygen atoms in total. The first kappa shape index (κ1) is 13.1. The van der Waals surface area contributed by atoms with E-state index in [2.05, 4.69) is 10.3 Å². The Hall–Kier alpha value is -2.36. The van der Waals surface area contributed by atoms with E-state index in [1.54, 1.807) is 31.2 Å². The Balaban J connectivity index is 2.45. The van der Waals surface area contributed by atoms with Crippen LogP contribution in [0.1, 0.15) is 22.5 Å². The van der Waals surface area contributed by atoms with Gasteiger partial charge in [0.05, 0.1) is 6.54 Å². The molecule has 2 rings (SSSR count). The van der Waals surface area contributed by atoms with E-state index >= 15 is 0 Å². The summed E-state index contributed by atoms with van der Waals surface area (Å²) in [5.41, 5.74) is -0.272. The molecule has 19 heavy (non-hydrogen) atoms. The highest BCUT2D eigenvalue weighted by Crippen LogP contribution is 2.31. The zero-order valence-corrected chi connectivity index (χ0v) is 9.94. The number of aryl methyl sites for hydroxylation is 1. The third-order valence-corrected chi connectivity index (χ3v) is 2.69. The van der Waals surface area contributed by atoms with E-state index in [0.717, 1.165) is 5.56 Å². The third kappa shape index (κ3) is 2.57. The van der Waals surface area contributed by atoms with Gasteiger partial charge in [0, 0.05) is 0 Å².